The topological polar surface area (TPSA) is 40.5 Å². The van der Waals surface area contributed by atoms with E-state index in [-0.39, 0.29) is 0 Å². The van der Waals surface area contributed by atoms with Crippen LogP contribution in [0.4, 0.5) is 0 Å². The second-order valence-corrected chi connectivity index (χ2v) is 5.03. The van der Waals surface area contributed by atoms with Crippen molar-refractivity contribution in [3.8, 4) is 0 Å². The number of hydrogen-bond acceptors (Lipinski definition) is 2. The quantitative estimate of drug-likeness (QED) is 0.871. The zero-order valence-electron chi connectivity index (χ0n) is 10.4. The molecule has 1 aromatic rings. The molecule has 3 nitrogen and oxygen atoms in total. The molecule has 0 spiro atoms. The molecule has 0 aromatic heterocycles. The minimum atomic E-state index is -0.799. The number of hydrogen-bond donors (Lipinski definition) is 1. The van der Waals surface area contributed by atoms with E-state index >= 15 is 0 Å². The number of carboxylic acids is 1. The largest absolute Gasteiger partial charge is 0.478 e. The Balaban J connectivity index is 2.43. The highest BCUT2D eigenvalue weighted by Gasteiger charge is 2.25. The van der Waals surface area contributed by atoms with E-state index < -0.39 is 5.97 Å². The lowest BCUT2D eigenvalue weighted by molar-refractivity contribution is 0.0694. The SMILES string of the molecule is CN(C)CC1CCCc2cccc(C(=O)O)c21. The predicted octanol–water partition coefficient (Wildman–Crippen LogP) is 2.37. The number of carboxylic acid groups (broad SMARTS) is 1. The summed E-state index contributed by atoms with van der Waals surface area (Å²) in [5.41, 5.74) is 2.79. The Morgan fingerprint density at radius 1 is 1.47 bits per heavy atom. The van der Waals surface area contributed by atoms with Crippen molar-refractivity contribution < 1.29 is 9.90 Å². The summed E-state index contributed by atoms with van der Waals surface area (Å²) in [6.07, 6.45) is 3.27. The van der Waals surface area contributed by atoms with Crippen LogP contribution in [-0.2, 0) is 6.42 Å². The first-order valence-corrected chi connectivity index (χ1v) is 6.09. The van der Waals surface area contributed by atoms with Gasteiger partial charge in [-0.25, -0.2) is 4.79 Å². The third-order valence-corrected chi connectivity index (χ3v) is 3.42. The van der Waals surface area contributed by atoms with Crippen molar-refractivity contribution in [2.45, 2.75) is 25.2 Å². The summed E-state index contributed by atoms with van der Waals surface area (Å²) < 4.78 is 0. The van der Waals surface area contributed by atoms with Crippen molar-refractivity contribution in [2.24, 2.45) is 0 Å². The molecule has 0 fully saturated rings. The Morgan fingerprint density at radius 2 is 2.24 bits per heavy atom. The monoisotopic (exact) mass is 233 g/mol. The summed E-state index contributed by atoms with van der Waals surface area (Å²) in [4.78, 5) is 13.4. The molecular formula is C14H19NO2. The number of carbonyl (C=O) groups is 1. The molecule has 3 heteroatoms. The van der Waals surface area contributed by atoms with Gasteiger partial charge >= 0.3 is 5.97 Å². The molecule has 1 atom stereocenters. The number of benzene rings is 1. The van der Waals surface area contributed by atoms with Gasteiger partial charge in [-0.2, -0.15) is 0 Å². The highest BCUT2D eigenvalue weighted by atomic mass is 16.4. The third-order valence-electron chi connectivity index (χ3n) is 3.42. The molecule has 0 amide bonds. The minimum absolute atomic E-state index is 0.362. The fourth-order valence-corrected chi connectivity index (χ4v) is 2.81. The lowest BCUT2D eigenvalue weighted by Gasteiger charge is -2.29. The van der Waals surface area contributed by atoms with Gasteiger partial charge in [0.05, 0.1) is 5.56 Å². The fourth-order valence-electron chi connectivity index (χ4n) is 2.81. The number of aromatic carboxylic acids is 1. The van der Waals surface area contributed by atoms with Crippen LogP contribution >= 0.6 is 0 Å². The molecule has 92 valence electrons. The van der Waals surface area contributed by atoms with E-state index in [0.29, 0.717) is 11.5 Å². The molecule has 1 N–H and O–H groups in total. The molecular weight excluding hydrogens is 214 g/mol. The molecule has 1 aliphatic rings. The Hall–Kier alpha value is -1.35. The van der Waals surface area contributed by atoms with Crippen LogP contribution in [0.3, 0.4) is 0 Å². The second-order valence-electron chi connectivity index (χ2n) is 5.03. The average molecular weight is 233 g/mol. The van der Waals surface area contributed by atoms with E-state index in [4.69, 9.17) is 0 Å². The smallest absolute Gasteiger partial charge is 0.335 e. The highest BCUT2D eigenvalue weighted by Crippen LogP contribution is 2.34. The summed E-state index contributed by atoms with van der Waals surface area (Å²) in [7, 11) is 4.08. The van der Waals surface area contributed by atoms with Gasteiger partial charge in [0.25, 0.3) is 0 Å². The maximum atomic E-state index is 11.3. The number of likely N-dealkylation sites (N-methyl/N-ethyl adjacent to an activating group) is 1. The van der Waals surface area contributed by atoms with E-state index in [2.05, 4.69) is 11.0 Å². The molecule has 1 aliphatic carbocycles. The molecule has 0 bridgehead atoms. The van der Waals surface area contributed by atoms with Crippen LogP contribution in [0.25, 0.3) is 0 Å². The lowest BCUT2D eigenvalue weighted by atomic mass is 9.80. The maximum Gasteiger partial charge on any atom is 0.335 e. The first-order valence-electron chi connectivity index (χ1n) is 6.09. The molecule has 0 radical (unpaired) electrons. The van der Waals surface area contributed by atoms with E-state index in [1.807, 2.05) is 20.2 Å². The van der Waals surface area contributed by atoms with E-state index in [9.17, 15) is 9.90 Å². The molecule has 2 rings (SSSR count). The van der Waals surface area contributed by atoms with Crippen molar-refractivity contribution in [3.63, 3.8) is 0 Å². The summed E-state index contributed by atoms with van der Waals surface area (Å²) >= 11 is 0. The zero-order valence-corrected chi connectivity index (χ0v) is 10.4. The molecule has 0 saturated heterocycles. The third kappa shape index (κ3) is 2.50. The number of fused-ring (bicyclic) bond motifs is 1. The van der Waals surface area contributed by atoms with Gasteiger partial charge in [-0.15, -0.1) is 0 Å². The lowest BCUT2D eigenvalue weighted by Crippen LogP contribution is -2.25. The number of aryl methyl sites for hydroxylation is 1. The van der Waals surface area contributed by atoms with Crippen LogP contribution in [0, 0.1) is 0 Å². The predicted molar refractivity (Wildman–Crippen MR) is 67.6 cm³/mol. The number of nitrogens with zero attached hydrogens (tertiary/aromatic N) is 1. The van der Waals surface area contributed by atoms with Gasteiger partial charge in [0, 0.05) is 6.54 Å². The van der Waals surface area contributed by atoms with Crippen molar-refractivity contribution in [3.05, 3.63) is 34.9 Å². The van der Waals surface area contributed by atoms with Crippen molar-refractivity contribution in [2.75, 3.05) is 20.6 Å². The van der Waals surface area contributed by atoms with Gasteiger partial charge in [0.15, 0.2) is 0 Å². The standard InChI is InChI=1S/C14H19NO2/c1-15(2)9-11-7-3-5-10-6-4-8-12(13(10)11)14(16)17/h4,6,8,11H,3,5,7,9H2,1-2H3,(H,16,17). The molecule has 0 saturated carbocycles. The van der Waals surface area contributed by atoms with Gasteiger partial charge in [-0.1, -0.05) is 12.1 Å². The molecule has 1 unspecified atom stereocenters. The van der Waals surface area contributed by atoms with Crippen molar-refractivity contribution in [1.82, 2.24) is 4.90 Å². The van der Waals surface area contributed by atoms with Crippen LogP contribution in [0.15, 0.2) is 18.2 Å². The Bertz CT molecular complexity index is 426. The van der Waals surface area contributed by atoms with Gasteiger partial charge in [-0.05, 0) is 56.5 Å². The van der Waals surface area contributed by atoms with Gasteiger partial charge in [0.1, 0.15) is 0 Å². The molecule has 1 aromatic carbocycles. The fraction of sp³-hybridized carbons (Fsp3) is 0.500. The Morgan fingerprint density at radius 3 is 2.88 bits per heavy atom. The molecule has 0 heterocycles. The summed E-state index contributed by atoms with van der Waals surface area (Å²) in [6, 6.07) is 5.67. The van der Waals surface area contributed by atoms with E-state index in [1.165, 1.54) is 5.56 Å². The highest BCUT2D eigenvalue weighted by molar-refractivity contribution is 5.90. The van der Waals surface area contributed by atoms with Crippen LogP contribution in [0.1, 0.15) is 40.2 Å². The Kier molecular flexibility index (Phi) is 3.48. The zero-order chi connectivity index (χ0) is 12.4. The summed E-state index contributed by atoms with van der Waals surface area (Å²) in [6.45, 7) is 0.928. The van der Waals surface area contributed by atoms with E-state index in [1.54, 1.807) is 6.07 Å². The number of rotatable bonds is 3. The summed E-state index contributed by atoms with van der Waals surface area (Å²) in [5.74, 6) is -0.437. The van der Waals surface area contributed by atoms with Crippen LogP contribution in [0.2, 0.25) is 0 Å². The van der Waals surface area contributed by atoms with Crippen LogP contribution in [-0.4, -0.2) is 36.6 Å². The first-order chi connectivity index (χ1) is 8.09. The van der Waals surface area contributed by atoms with Crippen LogP contribution < -0.4 is 0 Å². The van der Waals surface area contributed by atoms with Crippen LogP contribution in [0.5, 0.6) is 0 Å². The first kappa shape index (κ1) is 12.1. The molecule has 0 aliphatic heterocycles. The summed E-state index contributed by atoms with van der Waals surface area (Å²) in [5, 5.41) is 9.28. The normalized spacial score (nSPS) is 19.1. The van der Waals surface area contributed by atoms with Crippen molar-refractivity contribution in [1.29, 1.82) is 0 Å². The Labute approximate surface area is 102 Å². The van der Waals surface area contributed by atoms with E-state index in [0.717, 1.165) is 31.4 Å². The van der Waals surface area contributed by atoms with Crippen molar-refractivity contribution >= 4 is 5.97 Å². The second kappa shape index (κ2) is 4.88. The molecule has 17 heavy (non-hydrogen) atoms. The van der Waals surface area contributed by atoms with Gasteiger partial charge in [0.2, 0.25) is 0 Å². The maximum absolute atomic E-state index is 11.3. The van der Waals surface area contributed by atoms with Gasteiger partial charge < -0.3 is 10.0 Å². The minimum Gasteiger partial charge on any atom is -0.478 e. The van der Waals surface area contributed by atoms with Gasteiger partial charge in [-0.3, -0.25) is 0 Å². The average Bonchev–Trinajstić information content (AvgIpc) is 2.27.